The Bertz CT molecular complexity index is 1050. The topological polar surface area (TPSA) is 104 Å². The molecule has 1 aromatic heterocycles. The van der Waals surface area contributed by atoms with Crippen molar-refractivity contribution in [2.75, 3.05) is 17.2 Å². The summed E-state index contributed by atoms with van der Waals surface area (Å²) in [6.07, 6.45) is 1.40. The van der Waals surface area contributed by atoms with Crippen molar-refractivity contribution < 1.29 is 14.3 Å². The molecule has 3 aromatic rings. The van der Waals surface area contributed by atoms with Gasteiger partial charge >= 0.3 is 0 Å². The molecular weight excluding hydrogens is 368 g/mol. The fraction of sp³-hybridized carbons (Fsp3) is 0.0909. The number of ether oxygens (including phenoxy) is 1. The lowest BCUT2D eigenvalue weighted by Crippen LogP contribution is -2.17. The Kier molecular flexibility index (Phi) is 6.18. The number of carbonyl (C=O) groups excluding carboxylic acids is 2. The van der Waals surface area contributed by atoms with Crippen LogP contribution in [0.5, 0.6) is 5.75 Å². The number of carbonyl (C=O) groups is 2. The van der Waals surface area contributed by atoms with Crippen LogP contribution in [-0.4, -0.2) is 23.4 Å². The molecule has 0 aliphatic rings. The number of hydrogen-bond acceptors (Lipinski definition) is 5. The summed E-state index contributed by atoms with van der Waals surface area (Å²) in [5, 5.41) is 14.3. The Morgan fingerprint density at radius 3 is 2.21 bits per heavy atom. The first-order valence-corrected chi connectivity index (χ1v) is 8.91. The van der Waals surface area contributed by atoms with E-state index in [2.05, 4.69) is 15.6 Å². The summed E-state index contributed by atoms with van der Waals surface area (Å²) in [5.41, 5.74) is 2.05. The zero-order valence-corrected chi connectivity index (χ0v) is 15.7. The van der Waals surface area contributed by atoms with Crippen LogP contribution in [0.3, 0.4) is 0 Å². The standard InChI is InChI=1S/C22H18N4O3/c1-2-29-19-9-7-18(8-10-19)26-22(28)20-13-16(11-12-24-20)21(27)25-17-5-3-15(14-23)4-6-17/h3-13H,2H2,1H3,(H,25,27)(H,26,28). The highest BCUT2D eigenvalue weighted by molar-refractivity contribution is 6.07. The van der Waals surface area contributed by atoms with E-state index in [0.29, 0.717) is 34.9 Å². The first-order valence-electron chi connectivity index (χ1n) is 8.91. The number of nitrogens with one attached hydrogen (secondary N) is 2. The van der Waals surface area contributed by atoms with Gasteiger partial charge in [-0.3, -0.25) is 14.6 Å². The Hall–Kier alpha value is -4.18. The number of amides is 2. The summed E-state index contributed by atoms with van der Waals surface area (Å²) in [4.78, 5) is 29.0. The SMILES string of the molecule is CCOc1ccc(NC(=O)c2cc(C(=O)Nc3ccc(C#N)cc3)ccn2)cc1. The van der Waals surface area contributed by atoms with Crippen molar-refractivity contribution in [2.45, 2.75) is 6.92 Å². The van der Waals surface area contributed by atoms with Crippen LogP contribution in [0, 0.1) is 11.3 Å². The van der Waals surface area contributed by atoms with Crippen molar-refractivity contribution in [3.63, 3.8) is 0 Å². The van der Waals surface area contributed by atoms with E-state index in [9.17, 15) is 9.59 Å². The fourth-order valence-electron chi connectivity index (χ4n) is 2.52. The molecule has 7 nitrogen and oxygen atoms in total. The molecule has 144 valence electrons. The van der Waals surface area contributed by atoms with Crippen LogP contribution < -0.4 is 15.4 Å². The Morgan fingerprint density at radius 1 is 0.966 bits per heavy atom. The third-order valence-electron chi connectivity index (χ3n) is 3.95. The van der Waals surface area contributed by atoms with Gasteiger partial charge in [0, 0.05) is 23.1 Å². The maximum Gasteiger partial charge on any atom is 0.274 e. The number of hydrogen-bond donors (Lipinski definition) is 2. The van der Waals surface area contributed by atoms with Gasteiger partial charge in [-0.2, -0.15) is 5.26 Å². The van der Waals surface area contributed by atoms with Gasteiger partial charge < -0.3 is 15.4 Å². The van der Waals surface area contributed by atoms with Crippen LogP contribution in [0.4, 0.5) is 11.4 Å². The minimum absolute atomic E-state index is 0.117. The number of nitriles is 1. The van der Waals surface area contributed by atoms with E-state index in [1.165, 1.54) is 18.3 Å². The van der Waals surface area contributed by atoms with Crippen LogP contribution in [0.1, 0.15) is 33.3 Å². The lowest BCUT2D eigenvalue weighted by Gasteiger charge is -2.08. The third-order valence-corrected chi connectivity index (χ3v) is 3.95. The van der Waals surface area contributed by atoms with Gasteiger partial charge in [-0.1, -0.05) is 0 Å². The maximum atomic E-state index is 12.5. The van der Waals surface area contributed by atoms with E-state index in [0.717, 1.165) is 0 Å². The molecule has 2 amide bonds. The van der Waals surface area contributed by atoms with Gasteiger partial charge in [-0.15, -0.1) is 0 Å². The van der Waals surface area contributed by atoms with E-state index in [1.54, 1.807) is 48.5 Å². The number of benzene rings is 2. The predicted molar refractivity (Wildman–Crippen MR) is 109 cm³/mol. The van der Waals surface area contributed by atoms with Gasteiger partial charge in [-0.25, -0.2) is 0 Å². The van der Waals surface area contributed by atoms with Crippen molar-refractivity contribution in [3.05, 3.63) is 83.7 Å². The lowest BCUT2D eigenvalue weighted by molar-refractivity contribution is 0.102. The Balaban J connectivity index is 1.68. The first kappa shape index (κ1) is 19.6. The molecule has 29 heavy (non-hydrogen) atoms. The van der Waals surface area contributed by atoms with Gasteiger partial charge in [0.1, 0.15) is 11.4 Å². The number of aromatic nitrogens is 1. The van der Waals surface area contributed by atoms with Crippen molar-refractivity contribution in [2.24, 2.45) is 0 Å². The second-order valence-corrected chi connectivity index (χ2v) is 5.98. The molecule has 0 fully saturated rings. The summed E-state index contributed by atoms with van der Waals surface area (Å²) in [7, 11) is 0. The Morgan fingerprint density at radius 2 is 1.59 bits per heavy atom. The van der Waals surface area contributed by atoms with E-state index < -0.39 is 5.91 Å². The molecule has 2 aromatic carbocycles. The molecule has 0 aliphatic heterocycles. The third kappa shape index (κ3) is 5.17. The van der Waals surface area contributed by atoms with Crippen LogP contribution in [-0.2, 0) is 0 Å². The highest BCUT2D eigenvalue weighted by Crippen LogP contribution is 2.17. The van der Waals surface area contributed by atoms with Crippen LogP contribution in [0.2, 0.25) is 0 Å². The largest absolute Gasteiger partial charge is 0.494 e. The minimum Gasteiger partial charge on any atom is -0.494 e. The van der Waals surface area contributed by atoms with Crippen LogP contribution in [0.15, 0.2) is 66.9 Å². The molecule has 0 radical (unpaired) electrons. The van der Waals surface area contributed by atoms with Crippen molar-refractivity contribution >= 4 is 23.2 Å². The molecule has 2 N–H and O–H groups in total. The lowest BCUT2D eigenvalue weighted by atomic mass is 10.2. The molecule has 1 heterocycles. The molecule has 0 spiro atoms. The molecule has 7 heteroatoms. The average molecular weight is 386 g/mol. The number of rotatable bonds is 6. The van der Waals surface area contributed by atoms with E-state index >= 15 is 0 Å². The summed E-state index contributed by atoms with van der Waals surface area (Å²) in [6.45, 7) is 2.46. The smallest absolute Gasteiger partial charge is 0.274 e. The molecule has 0 unspecified atom stereocenters. The van der Waals surface area contributed by atoms with E-state index in [4.69, 9.17) is 10.00 Å². The molecule has 0 atom stereocenters. The molecule has 0 saturated carbocycles. The van der Waals surface area contributed by atoms with Crippen molar-refractivity contribution in [1.29, 1.82) is 5.26 Å². The minimum atomic E-state index is -0.429. The summed E-state index contributed by atoms with van der Waals surface area (Å²) < 4.78 is 5.37. The zero-order chi connectivity index (χ0) is 20.6. The maximum absolute atomic E-state index is 12.5. The highest BCUT2D eigenvalue weighted by Gasteiger charge is 2.12. The van der Waals surface area contributed by atoms with Crippen LogP contribution >= 0.6 is 0 Å². The van der Waals surface area contributed by atoms with Gasteiger partial charge in [0.25, 0.3) is 11.8 Å². The fourth-order valence-corrected chi connectivity index (χ4v) is 2.52. The van der Waals surface area contributed by atoms with Gasteiger partial charge in [-0.05, 0) is 67.6 Å². The normalized spacial score (nSPS) is 9.93. The number of anilines is 2. The molecule has 0 aliphatic carbocycles. The second kappa shape index (κ2) is 9.15. The summed E-state index contributed by atoms with van der Waals surface area (Å²) in [6, 6.07) is 18.4. The number of nitrogens with zero attached hydrogens (tertiary/aromatic N) is 2. The number of pyridine rings is 1. The van der Waals surface area contributed by atoms with E-state index in [1.807, 2.05) is 13.0 Å². The molecular formula is C22H18N4O3. The van der Waals surface area contributed by atoms with Crippen LogP contribution in [0.25, 0.3) is 0 Å². The highest BCUT2D eigenvalue weighted by atomic mass is 16.5. The summed E-state index contributed by atoms with van der Waals surface area (Å²) >= 11 is 0. The quantitative estimate of drug-likeness (QED) is 0.669. The van der Waals surface area contributed by atoms with Crippen molar-refractivity contribution in [3.8, 4) is 11.8 Å². The predicted octanol–water partition coefficient (Wildman–Crippen LogP) is 3.86. The Labute approximate surface area is 168 Å². The van der Waals surface area contributed by atoms with Gasteiger partial charge in [0.2, 0.25) is 0 Å². The zero-order valence-electron chi connectivity index (χ0n) is 15.7. The molecule has 0 saturated heterocycles. The molecule has 0 bridgehead atoms. The second-order valence-electron chi connectivity index (χ2n) is 5.98. The first-order chi connectivity index (χ1) is 14.1. The molecule has 3 rings (SSSR count). The van der Waals surface area contributed by atoms with Crippen molar-refractivity contribution in [1.82, 2.24) is 4.98 Å². The average Bonchev–Trinajstić information content (AvgIpc) is 2.76. The van der Waals surface area contributed by atoms with Gasteiger partial charge in [0.15, 0.2) is 0 Å². The monoisotopic (exact) mass is 386 g/mol. The summed E-state index contributed by atoms with van der Waals surface area (Å²) in [5.74, 6) is -0.0977. The van der Waals surface area contributed by atoms with Gasteiger partial charge in [0.05, 0.1) is 18.2 Å². The van der Waals surface area contributed by atoms with E-state index in [-0.39, 0.29) is 11.6 Å².